The Morgan fingerprint density at radius 2 is 2.00 bits per heavy atom. The summed E-state index contributed by atoms with van der Waals surface area (Å²) in [6.45, 7) is 4.01. The standard InChI is InChI=1S/C14H15FO2/c1-9(10-4-2-3-5-10)11-6-7-12(14(16)17)13(15)8-11/h6-8,10H,1-5H2,(H,16,17). The van der Waals surface area contributed by atoms with Crippen molar-refractivity contribution < 1.29 is 14.3 Å². The molecule has 17 heavy (non-hydrogen) atoms. The third-order valence-electron chi connectivity index (χ3n) is 3.42. The third-order valence-corrected chi connectivity index (χ3v) is 3.42. The molecule has 3 heteroatoms. The van der Waals surface area contributed by atoms with Gasteiger partial charge in [-0.15, -0.1) is 0 Å². The summed E-state index contributed by atoms with van der Waals surface area (Å²) in [5.41, 5.74) is 1.37. The van der Waals surface area contributed by atoms with E-state index >= 15 is 0 Å². The highest BCUT2D eigenvalue weighted by Gasteiger charge is 2.20. The van der Waals surface area contributed by atoms with Crippen molar-refractivity contribution in [2.45, 2.75) is 25.7 Å². The molecule has 0 atom stereocenters. The third kappa shape index (κ3) is 2.38. The van der Waals surface area contributed by atoms with Crippen molar-refractivity contribution in [1.82, 2.24) is 0 Å². The number of halogens is 1. The van der Waals surface area contributed by atoms with Crippen LogP contribution in [0.25, 0.3) is 5.57 Å². The summed E-state index contributed by atoms with van der Waals surface area (Å²) in [7, 11) is 0. The summed E-state index contributed by atoms with van der Waals surface area (Å²) in [5.74, 6) is -1.50. The van der Waals surface area contributed by atoms with E-state index in [2.05, 4.69) is 6.58 Å². The van der Waals surface area contributed by atoms with Crippen LogP contribution in [-0.4, -0.2) is 11.1 Å². The predicted molar refractivity (Wildman–Crippen MR) is 64.4 cm³/mol. The summed E-state index contributed by atoms with van der Waals surface area (Å²) in [5, 5.41) is 8.74. The monoisotopic (exact) mass is 234 g/mol. The highest BCUT2D eigenvalue weighted by molar-refractivity contribution is 5.88. The second-order valence-electron chi connectivity index (χ2n) is 4.51. The first-order valence-corrected chi connectivity index (χ1v) is 5.81. The number of carbonyl (C=O) groups is 1. The Balaban J connectivity index is 2.25. The molecule has 0 saturated heterocycles. The van der Waals surface area contributed by atoms with Crippen LogP contribution in [0.15, 0.2) is 24.8 Å². The Morgan fingerprint density at radius 1 is 1.35 bits per heavy atom. The van der Waals surface area contributed by atoms with Crippen LogP contribution in [0.5, 0.6) is 0 Å². The summed E-state index contributed by atoms with van der Waals surface area (Å²) in [4.78, 5) is 10.7. The maximum absolute atomic E-state index is 13.5. The number of rotatable bonds is 3. The Labute approximate surface area is 99.8 Å². The molecule has 0 unspecified atom stereocenters. The fourth-order valence-corrected chi connectivity index (χ4v) is 2.40. The maximum Gasteiger partial charge on any atom is 0.338 e. The van der Waals surface area contributed by atoms with E-state index in [1.54, 1.807) is 6.07 Å². The molecule has 2 rings (SSSR count). The summed E-state index contributed by atoms with van der Waals surface area (Å²) < 4.78 is 13.5. The maximum atomic E-state index is 13.5. The van der Waals surface area contributed by atoms with Gasteiger partial charge in [0.2, 0.25) is 0 Å². The van der Waals surface area contributed by atoms with Crippen LogP contribution < -0.4 is 0 Å². The van der Waals surface area contributed by atoms with E-state index in [0.717, 1.165) is 24.0 Å². The summed E-state index contributed by atoms with van der Waals surface area (Å²) in [6.07, 6.45) is 4.58. The number of aromatic carboxylic acids is 1. The van der Waals surface area contributed by atoms with Crippen molar-refractivity contribution in [3.8, 4) is 0 Å². The van der Waals surface area contributed by atoms with Gasteiger partial charge in [-0.2, -0.15) is 0 Å². The van der Waals surface area contributed by atoms with Crippen LogP contribution >= 0.6 is 0 Å². The van der Waals surface area contributed by atoms with Crippen LogP contribution in [-0.2, 0) is 0 Å². The Hall–Kier alpha value is -1.64. The van der Waals surface area contributed by atoms with Gasteiger partial charge in [0.25, 0.3) is 0 Å². The van der Waals surface area contributed by atoms with Gasteiger partial charge >= 0.3 is 5.97 Å². The number of carboxylic acid groups (broad SMARTS) is 1. The highest BCUT2D eigenvalue weighted by atomic mass is 19.1. The molecule has 1 aliphatic carbocycles. The number of benzene rings is 1. The Bertz CT molecular complexity index is 459. The molecule has 0 aromatic heterocycles. The second-order valence-corrected chi connectivity index (χ2v) is 4.51. The van der Waals surface area contributed by atoms with Gasteiger partial charge in [-0.05, 0) is 42.0 Å². The molecule has 90 valence electrons. The summed E-state index contributed by atoms with van der Waals surface area (Å²) in [6, 6.07) is 4.24. The van der Waals surface area contributed by atoms with E-state index in [-0.39, 0.29) is 5.56 Å². The molecule has 0 amide bonds. The van der Waals surface area contributed by atoms with Gasteiger partial charge in [0.1, 0.15) is 5.82 Å². The molecular formula is C14H15FO2. The van der Waals surface area contributed by atoms with Crippen molar-refractivity contribution in [3.05, 3.63) is 41.7 Å². The van der Waals surface area contributed by atoms with Crippen molar-refractivity contribution in [3.63, 3.8) is 0 Å². The Kier molecular flexibility index (Phi) is 3.27. The SMILES string of the molecule is C=C(c1ccc(C(=O)O)c(F)c1)C1CCCC1. The van der Waals surface area contributed by atoms with E-state index < -0.39 is 11.8 Å². The van der Waals surface area contributed by atoms with E-state index in [9.17, 15) is 9.18 Å². The zero-order chi connectivity index (χ0) is 12.4. The van der Waals surface area contributed by atoms with E-state index in [4.69, 9.17) is 5.11 Å². The van der Waals surface area contributed by atoms with Crippen molar-refractivity contribution >= 4 is 11.5 Å². The first kappa shape index (κ1) is 11.8. The molecule has 0 aliphatic heterocycles. The number of hydrogen-bond acceptors (Lipinski definition) is 1. The van der Waals surface area contributed by atoms with E-state index in [0.29, 0.717) is 5.92 Å². The topological polar surface area (TPSA) is 37.3 Å². The molecular weight excluding hydrogens is 219 g/mol. The van der Waals surface area contributed by atoms with Gasteiger partial charge in [0.05, 0.1) is 5.56 Å². The van der Waals surface area contributed by atoms with Gasteiger partial charge < -0.3 is 5.11 Å². The van der Waals surface area contributed by atoms with Crippen molar-refractivity contribution in [1.29, 1.82) is 0 Å². The highest BCUT2D eigenvalue weighted by Crippen LogP contribution is 2.35. The fourth-order valence-electron chi connectivity index (χ4n) is 2.40. The molecule has 1 fully saturated rings. The van der Waals surface area contributed by atoms with Gasteiger partial charge in [-0.3, -0.25) is 0 Å². The minimum absolute atomic E-state index is 0.284. The molecule has 1 aromatic carbocycles. The lowest BCUT2D eigenvalue weighted by Crippen LogP contribution is -2.03. The minimum Gasteiger partial charge on any atom is -0.478 e. The van der Waals surface area contributed by atoms with Crippen LogP contribution in [0.1, 0.15) is 41.6 Å². The first-order chi connectivity index (χ1) is 8.09. The Morgan fingerprint density at radius 3 is 2.53 bits per heavy atom. The molecule has 1 aliphatic rings. The second kappa shape index (κ2) is 4.70. The van der Waals surface area contributed by atoms with E-state index in [1.165, 1.54) is 25.0 Å². The minimum atomic E-state index is -1.24. The molecule has 1 aromatic rings. The molecule has 0 heterocycles. The van der Waals surface area contributed by atoms with Crippen LogP contribution in [0, 0.1) is 11.7 Å². The number of allylic oxidation sites excluding steroid dienone is 1. The van der Waals surface area contributed by atoms with Gasteiger partial charge in [0.15, 0.2) is 0 Å². The quantitative estimate of drug-likeness (QED) is 0.865. The normalized spacial score (nSPS) is 16.1. The smallest absolute Gasteiger partial charge is 0.338 e. The average Bonchev–Trinajstić information content (AvgIpc) is 2.80. The van der Waals surface area contributed by atoms with Crippen LogP contribution in [0.3, 0.4) is 0 Å². The average molecular weight is 234 g/mol. The first-order valence-electron chi connectivity index (χ1n) is 5.81. The molecule has 1 N–H and O–H groups in total. The van der Waals surface area contributed by atoms with Gasteiger partial charge in [-0.25, -0.2) is 9.18 Å². The lowest BCUT2D eigenvalue weighted by Gasteiger charge is -2.13. The predicted octanol–water partition coefficient (Wildman–Crippen LogP) is 3.73. The molecule has 0 spiro atoms. The largest absolute Gasteiger partial charge is 0.478 e. The zero-order valence-corrected chi connectivity index (χ0v) is 9.58. The van der Waals surface area contributed by atoms with Gasteiger partial charge in [0, 0.05) is 0 Å². The molecule has 1 saturated carbocycles. The van der Waals surface area contributed by atoms with Crippen LogP contribution in [0.2, 0.25) is 0 Å². The summed E-state index contributed by atoms with van der Waals surface area (Å²) >= 11 is 0. The van der Waals surface area contributed by atoms with Crippen molar-refractivity contribution in [2.75, 3.05) is 0 Å². The van der Waals surface area contributed by atoms with Crippen molar-refractivity contribution in [2.24, 2.45) is 5.92 Å². The van der Waals surface area contributed by atoms with Crippen LogP contribution in [0.4, 0.5) is 4.39 Å². The fraction of sp³-hybridized carbons (Fsp3) is 0.357. The molecule has 0 bridgehead atoms. The van der Waals surface area contributed by atoms with E-state index in [1.807, 2.05) is 0 Å². The lowest BCUT2D eigenvalue weighted by atomic mass is 9.92. The number of carboxylic acids is 1. The van der Waals surface area contributed by atoms with Gasteiger partial charge in [-0.1, -0.05) is 25.5 Å². The number of hydrogen-bond donors (Lipinski definition) is 1. The zero-order valence-electron chi connectivity index (χ0n) is 9.58. The molecule has 0 radical (unpaired) electrons. The molecule has 2 nitrogen and oxygen atoms in total. The lowest BCUT2D eigenvalue weighted by molar-refractivity contribution is 0.0692.